The van der Waals surface area contributed by atoms with Gasteiger partial charge >= 0.3 is 11.8 Å². The summed E-state index contributed by atoms with van der Waals surface area (Å²) in [5.74, 6) is -1.44. The van der Waals surface area contributed by atoms with Gasteiger partial charge in [-0.15, -0.1) is 0 Å². The third-order valence-corrected chi connectivity index (χ3v) is 2.67. The van der Waals surface area contributed by atoms with Gasteiger partial charge in [-0.25, -0.2) is 9.55 Å². The van der Waals surface area contributed by atoms with Crippen molar-refractivity contribution in [2.75, 3.05) is 6.61 Å². The van der Waals surface area contributed by atoms with Gasteiger partial charge in [0.15, 0.2) is 5.82 Å². The molecule has 0 spiro atoms. The normalized spacial score (nSPS) is 10.1. The molecule has 1 aromatic heterocycles. The molecule has 0 radical (unpaired) electrons. The van der Waals surface area contributed by atoms with Crippen LogP contribution in [0.4, 0.5) is 5.82 Å². The molecule has 0 saturated carbocycles. The highest BCUT2D eigenvalue weighted by Crippen LogP contribution is 2.13. The Hall–Kier alpha value is -2.78. The molecule has 0 atom stereocenters. The van der Waals surface area contributed by atoms with E-state index in [9.17, 15) is 24.5 Å². The van der Waals surface area contributed by atoms with Crippen LogP contribution >= 0.6 is 0 Å². The Morgan fingerprint density at radius 2 is 2.09 bits per heavy atom. The minimum absolute atomic E-state index is 0.0782. The molecule has 10 heteroatoms. The SMILES string of the molecule is CC(=O)NC(=O)CCC(=O)OCCn1c([N+](=O)[O-])cnc1C. The molecule has 0 bridgehead atoms. The molecule has 0 aliphatic heterocycles. The van der Waals surface area contributed by atoms with E-state index in [0.29, 0.717) is 5.82 Å². The number of nitro groups is 1. The van der Waals surface area contributed by atoms with Crippen LogP contribution in [-0.2, 0) is 25.7 Å². The third-order valence-electron chi connectivity index (χ3n) is 2.67. The Labute approximate surface area is 125 Å². The van der Waals surface area contributed by atoms with Crippen LogP contribution in [0.2, 0.25) is 0 Å². The molecule has 2 amide bonds. The van der Waals surface area contributed by atoms with Crippen LogP contribution in [0.5, 0.6) is 0 Å². The standard InChI is InChI=1S/C12H16N4O6/c1-8-13-7-11(16(20)21)15(8)5-6-22-12(19)4-3-10(18)14-9(2)17/h7H,3-6H2,1-2H3,(H,14,17,18). The van der Waals surface area contributed by atoms with Crippen molar-refractivity contribution in [1.29, 1.82) is 0 Å². The molecule has 1 rings (SSSR count). The van der Waals surface area contributed by atoms with E-state index in [-0.39, 0.29) is 31.8 Å². The molecule has 22 heavy (non-hydrogen) atoms. The first-order valence-corrected chi connectivity index (χ1v) is 6.43. The van der Waals surface area contributed by atoms with Crippen molar-refractivity contribution in [1.82, 2.24) is 14.9 Å². The van der Waals surface area contributed by atoms with E-state index in [0.717, 1.165) is 6.20 Å². The van der Waals surface area contributed by atoms with Gasteiger partial charge in [-0.2, -0.15) is 0 Å². The minimum Gasteiger partial charge on any atom is -0.461 e. The molecular formula is C12H16N4O6. The molecule has 120 valence electrons. The van der Waals surface area contributed by atoms with Gasteiger partial charge in [0.05, 0.1) is 6.42 Å². The molecule has 1 N–H and O–H groups in total. The number of carbonyl (C=O) groups is 3. The van der Waals surface area contributed by atoms with Crippen LogP contribution < -0.4 is 5.32 Å². The highest BCUT2D eigenvalue weighted by Gasteiger charge is 2.17. The first kappa shape index (κ1) is 17.3. The van der Waals surface area contributed by atoms with E-state index in [1.54, 1.807) is 6.92 Å². The first-order valence-electron chi connectivity index (χ1n) is 6.43. The number of aromatic nitrogens is 2. The summed E-state index contributed by atoms with van der Waals surface area (Å²) >= 11 is 0. The Morgan fingerprint density at radius 3 is 2.68 bits per heavy atom. The Morgan fingerprint density at radius 1 is 1.41 bits per heavy atom. The van der Waals surface area contributed by atoms with E-state index >= 15 is 0 Å². The third kappa shape index (κ3) is 5.31. The van der Waals surface area contributed by atoms with Crippen molar-refractivity contribution in [2.24, 2.45) is 0 Å². The van der Waals surface area contributed by atoms with Gasteiger partial charge in [-0.05, 0) is 4.92 Å². The zero-order chi connectivity index (χ0) is 16.7. The first-order chi connectivity index (χ1) is 10.3. The quantitative estimate of drug-likeness (QED) is 0.428. The number of imide groups is 1. The lowest BCUT2D eigenvalue weighted by molar-refractivity contribution is -0.392. The number of amides is 2. The van der Waals surface area contributed by atoms with Crippen molar-refractivity contribution in [2.45, 2.75) is 33.2 Å². The lowest BCUT2D eigenvalue weighted by atomic mass is 10.3. The summed E-state index contributed by atoms with van der Waals surface area (Å²) < 4.78 is 6.20. The summed E-state index contributed by atoms with van der Waals surface area (Å²) in [6.45, 7) is 2.80. The smallest absolute Gasteiger partial charge is 0.342 e. The summed E-state index contributed by atoms with van der Waals surface area (Å²) in [5.41, 5.74) is 0. The van der Waals surface area contributed by atoms with Crippen molar-refractivity contribution in [3.63, 3.8) is 0 Å². The summed E-state index contributed by atoms with van der Waals surface area (Å²) in [4.78, 5) is 47.2. The summed E-state index contributed by atoms with van der Waals surface area (Å²) in [7, 11) is 0. The fourth-order valence-corrected chi connectivity index (χ4v) is 1.68. The molecule has 0 fully saturated rings. The molecule has 0 aliphatic rings. The van der Waals surface area contributed by atoms with E-state index in [1.165, 1.54) is 11.5 Å². The molecular weight excluding hydrogens is 296 g/mol. The molecule has 0 saturated heterocycles. The Balaban J connectivity index is 2.37. The van der Waals surface area contributed by atoms with Gasteiger partial charge in [0.1, 0.15) is 19.3 Å². The number of carbonyl (C=O) groups excluding carboxylic acids is 3. The van der Waals surface area contributed by atoms with Crippen LogP contribution in [0.25, 0.3) is 0 Å². The van der Waals surface area contributed by atoms with Crippen LogP contribution in [-0.4, -0.2) is 38.9 Å². The number of nitrogens with zero attached hydrogens (tertiary/aromatic N) is 3. The number of hydrogen-bond donors (Lipinski definition) is 1. The maximum atomic E-state index is 11.4. The van der Waals surface area contributed by atoms with Crippen LogP contribution in [0.15, 0.2) is 6.20 Å². The van der Waals surface area contributed by atoms with Gasteiger partial charge < -0.3 is 14.9 Å². The van der Waals surface area contributed by atoms with E-state index in [2.05, 4.69) is 4.98 Å². The Bertz CT molecular complexity index is 594. The molecule has 0 aliphatic carbocycles. The summed E-state index contributed by atoms with van der Waals surface area (Å²) in [5, 5.41) is 12.8. The number of nitrogens with one attached hydrogen (secondary N) is 1. The average Bonchev–Trinajstić information content (AvgIpc) is 2.77. The maximum Gasteiger partial charge on any atom is 0.342 e. The number of aryl methyl sites for hydroxylation is 1. The maximum absolute atomic E-state index is 11.4. The number of ether oxygens (including phenoxy) is 1. The number of esters is 1. The molecule has 1 aromatic rings. The second-order valence-corrected chi connectivity index (χ2v) is 4.40. The number of hydrogen-bond acceptors (Lipinski definition) is 7. The van der Waals surface area contributed by atoms with Crippen molar-refractivity contribution >= 4 is 23.6 Å². The Kier molecular flexibility index (Phi) is 6.17. The zero-order valence-corrected chi connectivity index (χ0v) is 12.2. The zero-order valence-electron chi connectivity index (χ0n) is 12.2. The van der Waals surface area contributed by atoms with Crippen molar-refractivity contribution in [3.05, 3.63) is 22.1 Å². The predicted octanol–water partition coefficient (Wildman–Crippen LogP) is 0.0858. The second-order valence-electron chi connectivity index (χ2n) is 4.40. The fourth-order valence-electron chi connectivity index (χ4n) is 1.68. The summed E-state index contributed by atoms with van der Waals surface area (Å²) in [6, 6.07) is 0. The molecule has 0 aromatic carbocycles. The van der Waals surface area contributed by atoms with Crippen LogP contribution in [0.1, 0.15) is 25.6 Å². The number of imidazole rings is 1. The topological polar surface area (TPSA) is 133 Å². The highest BCUT2D eigenvalue weighted by atomic mass is 16.6. The van der Waals surface area contributed by atoms with Gasteiger partial charge in [0, 0.05) is 20.3 Å². The lowest BCUT2D eigenvalue weighted by Gasteiger charge is -2.05. The molecule has 0 unspecified atom stereocenters. The summed E-state index contributed by atoms with van der Waals surface area (Å²) in [6.07, 6.45) is 0.788. The second kappa shape index (κ2) is 7.86. The monoisotopic (exact) mass is 312 g/mol. The molecule has 1 heterocycles. The van der Waals surface area contributed by atoms with E-state index in [4.69, 9.17) is 4.74 Å². The van der Waals surface area contributed by atoms with Crippen LogP contribution in [0.3, 0.4) is 0 Å². The lowest BCUT2D eigenvalue weighted by Crippen LogP contribution is -2.28. The van der Waals surface area contributed by atoms with E-state index in [1.807, 2.05) is 5.32 Å². The van der Waals surface area contributed by atoms with E-state index < -0.39 is 22.7 Å². The number of rotatable bonds is 7. The molecule has 10 nitrogen and oxygen atoms in total. The van der Waals surface area contributed by atoms with Crippen LogP contribution in [0, 0.1) is 17.0 Å². The highest BCUT2D eigenvalue weighted by molar-refractivity contribution is 5.95. The van der Waals surface area contributed by atoms with Gasteiger partial charge in [0.2, 0.25) is 11.8 Å². The predicted molar refractivity (Wildman–Crippen MR) is 72.6 cm³/mol. The average molecular weight is 312 g/mol. The fraction of sp³-hybridized carbons (Fsp3) is 0.500. The van der Waals surface area contributed by atoms with Crippen molar-refractivity contribution in [3.8, 4) is 0 Å². The van der Waals surface area contributed by atoms with Gasteiger partial charge in [-0.1, -0.05) is 0 Å². The van der Waals surface area contributed by atoms with Gasteiger partial charge in [0.25, 0.3) is 0 Å². The van der Waals surface area contributed by atoms with Crippen molar-refractivity contribution < 1.29 is 24.0 Å². The van der Waals surface area contributed by atoms with Gasteiger partial charge in [-0.3, -0.25) is 19.7 Å². The largest absolute Gasteiger partial charge is 0.461 e. The minimum atomic E-state index is -0.626.